The number of nitriles is 1. The standard InChI is InChI=1S/C24H26ClN5O2S2/c1-15-12-16(25)9-10-19(15)32-11-5-8-21-28-29-24(30(21)2)33-14-22(31)27-23-18(13-26)17-6-3-4-7-20(17)34-23/h9-10,12H,3-8,11,14H2,1-2H3,(H,27,31). The van der Waals surface area contributed by atoms with Crippen molar-refractivity contribution < 1.29 is 9.53 Å². The topological polar surface area (TPSA) is 92.8 Å². The number of fused-ring (bicyclic) bond motifs is 1. The van der Waals surface area contributed by atoms with Crippen molar-refractivity contribution in [3.05, 3.63) is 50.6 Å². The maximum Gasteiger partial charge on any atom is 0.235 e. The number of ether oxygens (including phenoxy) is 1. The van der Waals surface area contributed by atoms with Crippen LogP contribution in [0.4, 0.5) is 5.00 Å². The zero-order valence-corrected chi connectivity index (χ0v) is 21.6. The third-order valence-corrected chi connectivity index (χ3v) is 8.20. The summed E-state index contributed by atoms with van der Waals surface area (Å²) in [7, 11) is 1.90. The Labute approximate surface area is 212 Å². The van der Waals surface area contributed by atoms with Crippen LogP contribution in [0.5, 0.6) is 5.75 Å². The number of aromatic nitrogens is 3. The number of benzene rings is 1. The molecule has 10 heteroatoms. The van der Waals surface area contributed by atoms with Gasteiger partial charge in [-0.25, -0.2) is 0 Å². The first-order chi connectivity index (χ1) is 16.5. The number of hydrogen-bond donors (Lipinski definition) is 1. The first-order valence-corrected chi connectivity index (χ1v) is 13.4. The van der Waals surface area contributed by atoms with Crippen molar-refractivity contribution in [2.75, 3.05) is 17.7 Å². The van der Waals surface area contributed by atoms with Crippen LogP contribution in [0.15, 0.2) is 23.4 Å². The molecular formula is C24H26ClN5O2S2. The highest BCUT2D eigenvalue weighted by atomic mass is 35.5. The highest BCUT2D eigenvalue weighted by Gasteiger charge is 2.22. The fraction of sp³-hybridized carbons (Fsp3) is 0.417. The molecule has 34 heavy (non-hydrogen) atoms. The lowest BCUT2D eigenvalue weighted by atomic mass is 9.96. The molecule has 3 aromatic rings. The predicted octanol–water partition coefficient (Wildman–Crippen LogP) is 5.33. The molecule has 0 atom stereocenters. The van der Waals surface area contributed by atoms with Gasteiger partial charge < -0.3 is 14.6 Å². The van der Waals surface area contributed by atoms with Gasteiger partial charge in [0.05, 0.1) is 17.9 Å². The molecule has 1 aliphatic carbocycles. The van der Waals surface area contributed by atoms with E-state index < -0.39 is 0 Å². The molecule has 0 aliphatic heterocycles. The van der Waals surface area contributed by atoms with E-state index in [1.165, 1.54) is 28.0 Å². The van der Waals surface area contributed by atoms with Gasteiger partial charge in [0.1, 0.15) is 22.6 Å². The lowest BCUT2D eigenvalue weighted by Crippen LogP contribution is -2.14. The summed E-state index contributed by atoms with van der Waals surface area (Å²) in [5.74, 6) is 1.74. The van der Waals surface area contributed by atoms with E-state index in [1.807, 2.05) is 36.7 Å². The van der Waals surface area contributed by atoms with Gasteiger partial charge in [-0.3, -0.25) is 4.79 Å². The molecule has 1 aromatic carbocycles. The maximum atomic E-state index is 12.6. The summed E-state index contributed by atoms with van der Waals surface area (Å²) in [5, 5.41) is 23.1. The Kier molecular flexibility index (Phi) is 8.14. The number of rotatable bonds is 9. The van der Waals surface area contributed by atoms with E-state index in [2.05, 4.69) is 21.6 Å². The number of thioether (sulfide) groups is 1. The monoisotopic (exact) mass is 515 g/mol. The van der Waals surface area contributed by atoms with Crippen LogP contribution in [0.3, 0.4) is 0 Å². The summed E-state index contributed by atoms with van der Waals surface area (Å²) >= 11 is 8.86. The minimum Gasteiger partial charge on any atom is -0.493 e. The Balaban J connectivity index is 1.26. The molecule has 1 aliphatic rings. The number of nitrogens with one attached hydrogen (secondary N) is 1. The number of carbonyl (C=O) groups excluding carboxylic acids is 1. The zero-order valence-electron chi connectivity index (χ0n) is 19.2. The predicted molar refractivity (Wildman–Crippen MR) is 136 cm³/mol. The lowest BCUT2D eigenvalue weighted by molar-refractivity contribution is -0.113. The van der Waals surface area contributed by atoms with E-state index in [4.69, 9.17) is 16.3 Å². The Morgan fingerprint density at radius 3 is 2.97 bits per heavy atom. The van der Waals surface area contributed by atoms with E-state index >= 15 is 0 Å². The molecule has 2 aromatic heterocycles. The van der Waals surface area contributed by atoms with E-state index in [0.717, 1.165) is 61.2 Å². The highest BCUT2D eigenvalue weighted by Crippen LogP contribution is 2.37. The minimum atomic E-state index is -0.142. The smallest absolute Gasteiger partial charge is 0.235 e. The fourth-order valence-electron chi connectivity index (χ4n) is 3.94. The largest absolute Gasteiger partial charge is 0.493 e. The van der Waals surface area contributed by atoms with Crippen LogP contribution in [-0.2, 0) is 31.1 Å². The van der Waals surface area contributed by atoms with Crippen LogP contribution in [0.2, 0.25) is 5.02 Å². The maximum absolute atomic E-state index is 12.6. The summed E-state index contributed by atoms with van der Waals surface area (Å²) in [5.41, 5.74) is 2.76. The van der Waals surface area contributed by atoms with Crippen LogP contribution >= 0.6 is 34.7 Å². The van der Waals surface area contributed by atoms with E-state index in [-0.39, 0.29) is 11.7 Å². The van der Waals surface area contributed by atoms with Crippen LogP contribution in [0.25, 0.3) is 0 Å². The number of amides is 1. The number of nitrogens with zero attached hydrogens (tertiary/aromatic N) is 4. The first kappa shape index (κ1) is 24.6. The highest BCUT2D eigenvalue weighted by molar-refractivity contribution is 7.99. The average Bonchev–Trinajstić information content (AvgIpc) is 3.35. The first-order valence-electron chi connectivity index (χ1n) is 11.2. The molecule has 0 saturated heterocycles. The molecule has 0 unspecified atom stereocenters. The quantitative estimate of drug-likeness (QED) is 0.306. The molecule has 1 N–H and O–H groups in total. The summed E-state index contributed by atoms with van der Waals surface area (Å²) < 4.78 is 7.76. The van der Waals surface area contributed by atoms with Crippen molar-refractivity contribution in [3.8, 4) is 11.8 Å². The van der Waals surface area contributed by atoms with Gasteiger partial charge in [0.25, 0.3) is 0 Å². The molecule has 0 spiro atoms. The molecule has 1 amide bonds. The number of thiophene rings is 1. The minimum absolute atomic E-state index is 0.142. The summed E-state index contributed by atoms with van der Waals surface area (Å²) in [6.45, 7) is 2.53. The van der Waals surface area contributed by atoms with Crippen LogP contribution < -0.4 is 10.1 Å². The van der Waals surface area contributed by atoms with Crippen LogP contribution in [0.1, 0.15) is 46.7 Å². The number of hydrogen-bond acceptors (Lipinski definition) is 7. The van der Waals surface area contributed by atoms with Gasteiger partial charge >= 0.3 is 0 Å². The van der Waals surface area contributed by atoms with Gasteiger partial charge in [-0.15, -0.1) is 21.5 Å². The second-order valence-electron chi connectivity index (χ2n) is 8.18. The third-order valence-electron chi connectivity index (χ3n) is 5.73. The number of aryl methyl sites for hydroxylation is 3. The molecule has 7 nitrogen and oxygen atoms in total. The third kappa shape index (κ3) is 5.74. The van der Waals surface area contributed by atoms with Crippen LogP contribution in [-0.4, -0.2) is 33.0 Å². The van der Waals surface area contributed by atoms with E-state index in [1.54, 1.807) is 0 Å². The average molecular weight is 516 g/mol. The Morgan fingerprint density at radius 2 is 2.18 bits per heavy atom. The van der Waals surface area contributed by atoms with Crippen molar-refractivity contribution >= 4 is 45.6 Å². The van der Waals surface area contributed by atoms with Gasteiger partial charge in [-0.1, -0.05) is 23.4 Å². The molecular weight excluding hydrogens is 490 g/mol. The number of halogens is 1. The molecule has 178 valence electrons. The van der Waals surface area contributed by atoms with Gasteiger partial charge in [0, 0.05) is 23.4 Å². The second kappa shape index (κ2) is 11.3. The molecule has 4 rings (SSSR count). The van der Waals surface area contributed by atoms with E-state index in [0.29, 0.717) is 27.4 Å². The van der Waals surface area contributed by atoms with E-state index in [9.17, 15) is 10.1 Å². The fourth-order valence-corrected chi connectivity index (χ4v) is 6.15. The SMILES string of the molecule is Cc1cc(Cl)ccc1OCCCc1nnc(SCC(=O)Nc2sc3c(c2C#N)CCCC3)n1C. The van der Waals surface area contributed by atoms with Crippen molar-refractivity contribution in [3.63, 3.8) is 0 Å². The Morgan fingerprint density at radius 1 is 1.35 bits per heavy atom. The molecule has 0 radical (unpaired) electrons. The van der Waals surface area contributed by atoms with Crippen molar-refractivity contribution in [1.82, 2.24) is 14.8 Å². The molecule has 0 fully saturated rings. The summed E-state index contributed by atoms with van der Waals surface area (Å²) in [6.07, 6.45) is 5.66. The zero-order chi connectivity index (χ0) is 24.1. The molecule has 2 heterocycles. The van der Waals surface area contributed by atoms with Gasteiger partial charge in [-0.05, 0) is 68.4 Å². The van der Waals surface area contributed by atoms with Crippen molar-refractivity contribution in [2.24, 2.45) is 7.05 Å². The Bertz CT molecular complexity index is 1230. The van der Waals surface area contributed by atoms with Gasteiger partial charge in [0.2, 0.25) is 5.91 Å². The van der Waals surface area contributed by atoms with Crippen LogP contribution in [0, 0.1) is 18.3 Å². The summed E-state index contributed by atoms with van der Waals surface area (Å²) in [4.78, 5) is 13.8. The molecule has 0 saturated carbocycles. The lowest BCUT2D eigenvalue weighted by Gasteiger charge is -2.09. The van der Waals surface area contributed by atoms with Gasteiger partial charge in [0.15, 0.2) is 5.16 Å². The Hall–Kier alpha value is -2.54. The molecule has 0 bridgehead atoms. The van der Waals surface area contributed by atoms with Gasteiger partial charge in [-0.2, -0.15) is 5.26 Å². The normalized spacial score (nSPS) is 12.8. The summed E-state index contributed by atoms with van der Waals surface area (Å²) in [6, 6.07) is 7.86. The number of carbonyl (C=O) groups is 1. The second-order valence-corrected chi connectivity index (χ2v) is 10.7. The van der Waals surface area contributed by atoms with Crippen molar-refractivity contribution in [1.29, 1.82) is 5.26 Å². The number of anilines is 1. The van der Waals surface area contributed by atoms with Crippen molar-refractivity contribution in [2.45, 2.75) is 50.6 Å².